The van der Waals surface area contributed by atoms with Crippen molar-refractivity contribution in [3.63, 3.8) is 0 Å². The lowest BCUT2D eigenvalue weighted by atomic mass is 10.1. The van der Waals surface area contributed by atoms with Crippen molar-refractivity contribution in [3.8, 4) is 0 Å². The number of nitrogens with zero attached hydrogens (tertiary/aromatic N) is 1. The molecule has 0 atom stereocenters. The smallest absolute Gasteiger partial charge is 0.348 e. The van der Waals surface area contributed by atoms with Gasteiger partial charge in [0.25, 0.3) is 5.91 Å². The molecular formula is C16H13ClN2O3S2. The monoisotopic (exact) mass is 380 g/mol. The van der Waals surface area contributed by atoms with Crippen molar-refractivity contribution < 1.29 is 14.3 Å². The minimum absolute atomic E-state index is 0.360. The Labute approximate surface area is 151 Å². The summed E-state index contributed by atoms with van der Waals surface area (Å²) in [6, 6.07) is 7.23. The van der Waals surface area contributed by atoms with Crippen molar-refractivity contribution in [2.75, 3.05) is 11.9 Å². The first-order chi connectivity index (χ1) is 11.4. The molecule has 0 aliphatic rings. The molecule has 2 heterocycles. The summed E-state index contributed by atoms with van der Waals surface area (Å²) in [5, 5.41) is 3.14. The molecule has 124 valence electrons. The van der Waals surface area contributed by atoms with Gasteiger partial charge in [0.05, 0.1) is 14.6 Å². The van der Waals surface area contributed by atoms with E-state index < -0.39 is 11.9 Å². The first-order valence-electron chi connectivity index (χ1n) is 7.02. The van der Waals surface area contributed by atoms with E-state index in [0.717, 1.165) is 32.7 Å². The molecular weight excluding hydrogens is 368 g/mol. The van der Waals surface area contributed by atoms with Crippen LogP contribution in [-0.2, 0) is 9.53 Å². The Morgan fingerprint density at radius 2 is 2.04 bits per heavy atom. The summed E-state index contributed by atoms with van der Waals surface area (Å²) < 4.78 is 6.47. The van der Waals surface area contributed by atoms with Crippen molar-refractivity contribution >= 4 is 61.5 Å². The fourth-order valence-electron chi connectivity index (χ4n) is 2.21. The highest BCUT2D eigenvalue weighted by Gasteiger charge is 2.14. The number of thiophene rings is 1. The molecule has 2 aromatic heterocycles. The van der Waals surface area contributed by atoms with E-state index in [1.54, 1.807) is 12.1 Å². The highest BCUT2D eigenvalue weighted by atomic mass is 35.5. The Morgan fingerprint density at radius 1 is 1.25 bits per heavy atom. The van der Waals surface area contributed by atoms with Crippen LogP contribution in [0, 0.1) is 13.8 Å². The van der Waals surface area contributed by atoms with Crippen LogP contribution in [0.3, 0.4) is 0 Å². The van der Waals surface area contributed by atoms with Crippen LogP contribution in [0.1, 0.15) is 20.8 Å². The molecule has 0 fully saturated rings. The van der Waals surface area contributed by atoms with Gasteiger partial charge in [0.2, 0.25) is 0 Å². The van der Waals surface area contributed by atoms with E-state index in [2.05, 4.69) is 10.3 Å². The normalized spacial score (nSPS) is 10.8. The van der Waals surface area contributed by atoms with Crippen molar-refractivity contribution in [2.45, 2.75) is 13.8 Å². The molecule has 3 aromatic rings. The lowest BCUT2D eigenvalue weighted by Crippen LogP contribution is -2.20. The zero-order valence-electron chi connectivity index (χ0n) is 12.9. The first-order valence-corrected chi connectivity index (χ1v) is 9.03. The summed E-state index contributed by atoms with van der Waals surface area (Å²) in [4.78, 5) is 28.5. The molecule has 5 nitrogen and oxygen atoms in total. The average molecular weight is 381 g/mol. The van der Waals surface area contributed by atoms with E-state index in [-0.39, 0.29) is 6.61 Å². The van der Waals surface area contributed by atoms with Gasteiger partial charge in [-0.1, -0.05) is 29.0 Å². The second-order valence-electron chi connectivity index (χ2n) is 5.18. The molecule has 0 saturated carbocycles. The zero-order valence-corrected chi connectivity index (χ0v) is 15.3. The standard InChI is InChI=1S/C16H13ClN2O3S2/c1-8-5-9(2)14-11(6-8)24-16(19-14)18-13(20)7-22-15(21)10-3-4-12(17)23-10/h3-6H,7H2,1-2H3,(H,18,19,20). The van der Waals surface area contributed by atoms with Gasteiger partial charge in [-0.15, -0.1) is 11.3 Å². The highest BCUT2D eigenvalue weighted by Crippen LogP contribution is 2.29. The number of nitrogens with one attached hydrogen (secondary N) is 1. The summed E-state index contributed by atoms with van der Waals surface area (Å²) in [5.41, 5.74) is 3.07. The van der Waals surface area contributed by atoms with Gasteiger partial charge in [-0.2, -0.15) is 0 Å². The largest absolute Gasteiger partial charge is 0.451 e. The number of aryl methyl sites for hydroxylation is 2. The van der Waals surface area contributed by atoms with Gasteiger partial charge in [-0.25, -0.2) is 9.78 Å². The maximum atomic E-state index is 11.9. The van der Waals surface area contributed by atoms with E-state index in [1.165, 1.54) is 11.3 Å². The number of fused-ring (bicyclic) bond motifs is 1. The molecule has 3 rings (SSSR count). The number of esters is 1. The van der Waals surface area contributed by atoms with Crippen molar-refractivity contribution in [1.29, 1.82) is 0 Å². The quantitative estimate of drug-likeness (QED) is 0.680. The number of ether oxygens (including phenoxy) is 1. The van der Waals surface area contributed by atoms with Gasteiger partial charge in [0.15, 0.2) is 11.7 Å². The molecule has 0 unspecified atom stereocenters. The molecule has 8 heteroatoms. The predicted molar refractivity (Wildman–Crippen MR) is 97.3 cm³/mol. The summed E-state index contributed by atoms with van der Waals surface area (Å²) in [6.07, 6.45) is 0. The van der Waals surface area contributed by atoms with Gasteiger partial charge >= 0.3 is 5.97 Å². The number of thiazole rings is 1. The number of aromatic nitrogens is 1. The lowest BCUT2D eigenvalue weighted by Gasteiger charge is -2.02. The third-order valence-electron chi connectivity index (χ3n) is 3.18. The minimum Gasteiger partial charge on any atom is -0.451 e. The first kappa shape index (κ1) is 16.9. The van der Waals surface area contributed by atoms with Crippen molar-refractivity contribution in [2.24, 2.45) is 0 Å². The van der Waals surface area contributed by atoms with Crippen LogP contribution >= 0.6 is 34.3 Å². The fraction of sp³-hybridized carbons (Fsp3) is 0.188. The number of anilines is 1. The van der Waals surface area contributed by atoms with Gasteiger partial charge in [-0.05, 0) is 43.2 Å². The maximum Gasteiger partial charge on any atom is 0.348 e. The van der Waals surface area contributed by atoms with E-state index in [4.69, 9.17) is 16.3 Å². The summed E-state index contributed by atoms with van der Waals surface area (Å²) >= 11 is 8.26. The van der Waals surface area contributed by atoms with Crippen LogP contribution in [0.4, 0.5) is 5.13 Å². The predicted octanol–water partition coefficient (Wildman–Crippen LogP) is 4.42. The average Bonchev–Trinajstić information content (AvgIpc) is 3.11. The number of carbonyl (C=O) groups is 2. The molecule has 0 bridgehead atoms. The Morgan fingerprint density at radius 3 is 2.75 bits per heavy atom. The topological polar surface area (TPSA) is 68.3 Å². The summed E-state index contributed by atoms with van der Waals surface area (Å²) in [7, 11) is 0. The zero-order chi connectivity index (χ0) is 17.3. The Bertz CT molecular complexity index is 933. The minimum atomic E-state index is -0.571. The highest BCUT2D eigenvalue weighted by molar-refractivity contribution is 7.22. The second-order valence-corrected chi connectivity index (χ2v) is 7.92. The van der Waals surface area contributed by atoms with Crippen molar-refractivity contribution in [1.82, 2.24) is 4.98 Å². The van der Waals surface area contributed by atoms with Gasteiger partial charge in [0, 0.05) is 0 Å². The fourth-order valence-corrected chi connectivity index (χ4v) is 4.20. The number of hydrogen-bond acceptors (Lipinski definition) is 6. The number of halogens is 1. The van der Waals surface area contributed by atoms with Gasteiger partial charge in [-0.3, -0.25) is 10.1 Å². The molecule has 1 amide bonds. The molecule has 0 aliphatic heterocycles. The third kappa shape index (κ3) is 3.75. The molecule has 0 aliphatic carbocycles. The molecule has 0 saturated heterocycles. The van der Waals surface area contributed by atoms with Gasteiger partial charge in [0.1, 0.15) is 4.88 Å². The van der Waals surface area contributed by atoms with E-state index in [1.807, 2.05) is 26.0 Å². The Balaban J connectivity index is 1.62. The van der Waals surface area contributed by atoms with Crippen LogP contribution in [-0.4, -0.2) is 23.5 Å². The number of hydrogen-bond donors (Lipinski definition) is 1. The van der Waals surface area contributed by atoms with E-state index >= 15 is 0 Å². The number of carbonyl (C=O) groups excluding carboxylic acids is 2. The number of amides is 1. The second kappa shape index (κ2) is 6.88. The molecule has 0 radical (unpaired) electrons. The Hall–Kier alpha value is -1.96. The summed E-state index contributed by atoms with van der Waals surface area (Å²) in [6.45, 7) is 3.62. The Kier molecular flexibility index (Phi) is 4.84. The molecule has 1 aromatic carbocycles. The van der Waals surface area contributed by atoms with Crippen LogP contribution in [0.25, 0.3) is 10.2 Å². The van der Waals surface area contributed by atoms with Crippen LogP contribution < -0.4 is 5.32 Å². The number of benzene rings is 1. The maximum absolute atomic E-state index is 11.9. The SMILES string of the molecule is Cc1cc(C)c2nc(NC(=O)COC(=O)c3ccc(Cl)s3)sc2c1. The molecule has 1 N–H and O–H groups in total. The molecule has 24 heavy (non-hydrogen) atoms. The van der Waals surface area contributed by atoms with Gasteiger partial charge < -0.3 is 4.74 Å². The van der Waals surface area contributed by atoms with Crippen LogP contribution in [0.5, 0.6) is 0 Å². The molecule has 0 spiro atoms. The van der Waals surface area contributed by atoms with E-state index in [0.29, 0.717) is 14.3 Å². The summed E-state index contributed by atoms with van der Waals surface area (Å²) in [5.74, 6) is -1.00. The lowest BCUT2D eigenvalue weighted by molar-refractivity contribution is -0.119. The van der Waals surface area contributed by atoms with Crippen LogP contribution in [0.15, 0.2) is 24.3 Å². The number of rotatable bonds is 4. The van der Waals surface area contributed by atoms with E-state index in [9.17, 15) is 9.59 Å². The third-order valence-corrected chi connectivity index (χ3v) is 5.31. The van der Waals surface area contributed by atoms with Crippen molar-refractivity contribution in [3.05, 3.63) is 44.6 Å². The van der Waals surface area contributed by atoms with Crippen LogP contribution in [0.2, 0.25) is 4.34 Å².